The van der Waals surface area contributed by atoms with Crippen molar-refractivity contribution < 1.29 is 64.6 Å². The monoisotopic (exact) mass is 904 g/mol. The molecule has 2 rings (SSSR count). The number of aliphatic hydroxyl groups is 8. The van der Waals surface area contributed by atoms with Crippen molar-refractivity contribution in [3.05, 3.63) is 97.2 Å². The first-order valence-corrected chi connectivity index (χ1v) is 23.5. The van der Waals surface area contributed by atoms with E-state index in [2.05, 4.69) is 92.1 Å². The van der Waals surface area contributed by atoms with Crippen LogP contribution in [0.3, 0.4) is 0 Å². The first-order valence-electron chi connectivity index (χ1n) is 23.5. The molecule has 0 saturated carbocycles. The quantitative estimate of drug-likeness (QED) is 0.0305. The van der Waals surface area contributed by atoms with Gasteiger partial charge in [0, 0.05) is 6.42 Å². The van der Waals surface area contributed by atoms with Gasteiger partial charge in [-0.1, -0.05) is 137 Å². The van der Waals surface area contributed by atoms with Gasteiger partial charge in [-0.05, 0) is 70.6 Å². The lowest BCUT2D eigenvalue weighted by molar-refractivity contribution is -0.359. The van der Waals surface area contributed by atoms with Crippen molar-refractivity contribution in [1.29, 1.82) is 0 Å². The van der Waals surface area contributed by atoms with E-state index in [0.717, 1.165) is 57.8 Å². The van der Waals surface area contributed by atoms with Gasteiger partial charge in [0.05, 0.1) is 32.0 Å². The number of nitrogens with one attached hydrogen (secondary N) is 1. The van der Waals surface area contributed by atoms with Crippen LogP contribution >= 0.6 is 0 Å². The summed E-state index contributed by atoms with van der Waals surface area (Å²) < 4.78 is 22.6. The Bertz CT molecular complexity index is 1440. The molecule has 0 aromatic heterocycles. The van der Waals surface area contributed by atoms with Crippen molar-refractivity contribution in [2.45, 2.75) is 190 Å². The normalized spacial score (nSPS) is 28.2. The van der Waals surface area contributed by atoms with Crippen molar-refractivity contribution in [1.82, 2.24) is 5.32 Å². The molecule has 9 N–H and O–H groups in total. The van der Waals surface area contributed by atoms with Crippen LogP contribution in [0.5, 0.6) is 0 Å². The highest BCUT2D eigenvalue weighted by Crippen LogP contribution is 2.29. The van der Waals surface area contributed by atoms with Gasteiger partial charge in [-0.3, -0.25) is 4.79 Å². The van der Waals surface area contributed by atoms with Gasteiger partial charge in [0.1, 0.15) is 48.8 Å². The minimum absolute atomic E-state index is 0.142. The molecule has 2 fully saturated rings. The van der Waals surface area contributed by atoms with Gasteiger partial charge in [-0.15, -0.1) is 0 Å². The highest BCUT2D eigenvalue weighted by Gasteiger charge is 2.50. The molecule has 0 radical (unpaired) electrons. The summed E-state index contributed by atoms with van der Waals surface area (Å²) in [6, 6.07) is -0.976. The summed E-state index contributed by atoms with van der Waals surface area (Å²) in [7, 11) is 0. The van der Waals surface area contributed by atoms with Gasteiger partial charge in [0.15, 0.2) is 12.6 Å². The van der Waals surface area contributed by atoms with Crippen LogP contribution in [0.2, 0.25) is 0 Å². The molecule has 0 aliphatic carbocycles. The Kier molecular flexibility index (Phi) is 32.2. The van der Waals surface area contributed by atoms with Crippen LogP contribution in [0.15, 0.2) is 97.2 Å². The third kappa shape index (κ3) is 23.4. The second-order valence-corrected chi connectivity index (χ2v) is 16.1. The molecule has 2 aliphatic heterocycles. The number of hydrogen-bond donors (Lipinski definition) is 9. The molecular weight excluding hydrogens is 823 g/mol. The van der Waals surface area contributed by atoms with E-state index in [9.17, 15) is 45.6 Å². The molecule has 0 spiro atoms. The van der Waals surface area contributed by atoms with Gasteiger partial charge < -0.3 is 65.1 Å². The van der Waals surface area contributed by atoms with Gasteiger partial charge in [0.2, 0.25) is 5.91 Å². The summed E-state index contributed by atoms with van der Waals surface area (Å²) in [5, 5.41) is 86.4. The summed E-state index contributed by atoms with van der Waals surface area (Å²) in [4.78, 5) is 13.1. The predicted octanol–water partition coefficient (Wildman–Crippen LogP) is 5.20. The fraction of sp³-hybridized carbons (Fsp3) is 0.660. The van der Waals surface area contributed by atoms with E-state index in [1.807, 2.05) is 18.2 Å². The average Bonchev–Trinajstić information content (AvgIpc) is 3.29. The molecule has 2 aliphatic rings. The number of aliphatic hydroxyl groups excluding tert-OH is 8. The Balaban J connectivity index is 1.92. The van der Waals surface area contributed by atoms with Crippen LogP contribution in [0, 0.1) is 0 Å². The fourth-order valence-corrected chi connectivity index (χ4v) is 6.91. The van der Waals surface area contributed by atoms with E-state index < -0.39 is 86.8 Å². The topological polar surface area (TPSA) is 228 Å². The second kappa shape index (κ2) is 36.1. The van der Waals surface area contributed by atoms with Crippen LogP contribution in [0.1, 0.15) is 117 Å². The molecule has 12 atom stereocenters. The Morgan fingerprint density at radius 2 is 1.09 bits per heavy atom. The minimum Gasteiger partial charge on any atom is -0.394 e. The molecular formula is C50H81NO13. The number of carbonyl (C=O) groups is 1. The zero-order chi connectivity index (χ0) is 46.8. The SMILES string of the molecule is CC/C=C\C/C=C\C/C=C\C/C=C\C/C=C\C/C=C\CCC(=O)NC(COC1OC(CO)C(OC2OC(CO)C(O)C(O)C2O)C(O)C1O)C(O)/C=C/CC/C=C/CCCCCCC. The molecule has 14 nitrogen and oxygen atoms in total. The molecule has 2 heterocycles. The third-order valence-corrected chi connectivity index (χ3v) is 10.8. The van der Waals surface area contributed by atoms with Crippen LogP contribution in [0.25, 0.3) is 0 Å². The number of carbonyl (C=O) groups excluding carboxylic acids is 1. The highest BCUT2D eigenvalue weighted by atomic mass is 16.7. The van der Waals surface area contributed by atoms with Crippen LogP contribution in [-0.2, 0) is 23.7 Å². The Hall–Kier alpha value is -3.09. The molecule has 2 saturated heterocycles. The van der Waals surface area contributed by atoms with Crippen molar-refractivity contribution in [2.75, 3.05) is 19.8 Å². The minimum atomic E-state index is -1.80. The Labute approximate surface area is 382 Å². The average molecular weight is 904 g/mol. The fourth-order valence-electron chi connectivity index (χ4n) is 6.91. The molecule has 64 heavy (non-hydrogen) atoms. The molecule has 0 aromatic carbocycles. The number of unbranched alkanes of at least 4 members (excludes halogenated alkanes) is 6. The van der Waals surface area contributed by atoms with Gasteiger partial charge in [-0.2, -0.15) is 0 Å². The van der Waals surface area contributed by atoms with E-state index in [4.69, 9.17) is 18.9 Å². The van der Waals surface area contributed by atoms with E-state index in [-0.39, 0.29) is 18.9 Å². The molecule has 14 heteroatoms. The summed E-state index contributed by atoms with van der Waals surface area (Å²) in [6.07, 6.45) is 30.4. The van der Waals surface area contributed by atoms with Gasteiger partial charge in [0.25, 0.3) is 0 Å². The highest BCUT2D eigenvalue weighted by molar-refractivity contribution is 5.76. The van der Waals surface area contributed by atoms with Crippen LogP contribution in [0.4, 0.5) is 0 Å². The summed E-state index contributed by atoms with van der Waals surface area (Å²) in [5.74, 6) is -0.339. The predicted molar refractivity (Wildman–Crippen MR) is 249 cm³/mol. The van der Waals surface area contributed by atoms with Crippen molar-refractivity contribution in [3.8, 4) is 0 Å². The van der Waals surface area contributed by atoms with E-state index in [0.29, 0.717) is 12.8 Å². The summed E-state index contributed by atoms with van der Waals surface area (Å²) in [5.41, 5.74) is 0. The largest absolute Gasteiger partial charge is 0.394 e. The van der Waals surface area contributed by atoms with Gasteiger partial charge in [-0.25, -0.2) is 0 Å². The first-order chi connectivity index (χ1) is 31.1. The Morgan fingerprint density at radius 1 is 0.578 bits per heavy atom. The molecule has 1 amide bonds. The van der Waals surface area contributed by atoms with Crippen LogP contribution < -0.4 is 5.32 Å². The number of amides is 1. The zero-order valence-electron chi connectivity index (χ0n) is 38.2. The Morgan fingerprint density at radius 3 is 1.69 bits per heavy atom. The number of ether oxygens (including phenoxy) is 4. The third-order valence-electron chi connectivity index (χ3n) is 10.8. The maximum Gasteiger partial charge on any atom is 0.220 e. The lowest BCUT2D eigenvalue weighted by Crippen LogP contribution is -2.65. The number of rotatable bonds is 33. The number of allylic oxidation sites excluding steroid dienone is 15. The maximum atomic E-state index is 13.1. The van der Waals surface area contributed by atoms with Crippen molar-refractivity contribution in [2.24, 2.45) is 0 Å². The zero-order valence-corrected chi connectivity index (χ0v) is 38.2. The number of hydrogen-bond acceptors (Lipinski definition) is 13. The maximum absolute atomic E-state index is 13.1. The van der Waals surface area contributed by atoms with E-state index in [1.54, 1.807) is 6.08 Å². The molecule has 0 bridgehead atoms. The summed E-state index contributed by atoms with van der Waals surface area (Å²) in [6.45, 7) is 2.53. The standard InChI is InChI=1S/C50H81NO13/c1-3-5-7-9-11-13-15-16-17-18-19-20-21-22-24-26-28-30-32-34-42(55)51-38(39(54)33-31-29-27-25-23-14-12-10-8-6-4-2)37-61-49-47(60)45(58)48(41(36-53)63-49)64-50-46(59)44(57)43(56)40(35-52)62-50/h5,7,11,13,16-17,19-20,22-25,28,30-31,33,38-41,43-50,52-54,56-60H,3-4,6,8-10,12,14-15,18,21,26-27,29,32,34-37H2,1-2H3,(H,51,55)/b7-5-,13-11-,17-16-,20-19-,24-22-,25-23+,30-28-,33-31+. The smallest absolute Gasteiger partial charge is 0.220 e. The van der Waals surface area contributed by atoms with Gasteiger partial charge >= 0.3 is 0 Å². The lowest BCUT2D eigenvalue weighted by atomic mass is 9.97. The molecule has 12 unspecified atom stereocenters. The summed E-state index contributed by atoms with van der Waals surface area (Å²) >= 11 is 0. The van der Waals surface area contributed by atoms with Crippen molar-refractivity contribution >= 4 is 5.91 Å². The lowest BCUT2D eigenvalue weighted by Gasteiger charge is -2.46. The second-order valence-electron chi connectivity index (χ2n) is 16.1. The van der Waals surface area contributed by atoms with E-state index >= 15 is 0 Å². The van der Waals surface area contributed by atoms with Crippen molar-refractivity contribution in [3.63, 3.8) is 0 Å². The first kappa shape index (κ1) is 57.0. The molecule has 0 aromatic rings. The molecule has 364 valence electrons. The van der Waals surface area contributed by atoms with E-state index in [1.165, 1.54) is 25.7 Å². The van der Waals surface area contributed by atoms with Crippen LogP contribution in [-0.4, -0.2) is 140 Å².